The monoisotopic (exact) mass is 278 g/mol. The molecule has 11 heavy (non-hydrogen) atoms. The van der Waals surface area contributed by atoms with Crippen LogP contribution in [0.2, 0.25) is 0 Å². The summed E-state index contributed by atoms with van der Waals surface area (Å²) in [5.74, 6) is 0.182. The van der Waals surface area contributed by atoms with Gasteiger partial charge in [-0.3, -0.25) is 0 Å². The molecule has 0 aromatic heterocycles. The lowest BCUT2D eigenvalue weighted by molar-refractivity contribution is 0.380. The molecule has 1 saturated carbocycles. The summed E-state index contributed by atoms with van der Waals surface area (Å²) in [5.41, 5.74) is 0. The highest BCUT2D eigenvalue weighted by atomic mass is 79.9. The van der Waals surface area contributed by atoms with E-state index in [2.05, 4.69) is 15.9 Å². The second kappa shape index (κ2) is 4.04. The Balaban J connectivity index is 2.55. The Hall–Kier alpha value is 1.35. The van der Waals surface area contributed by atoms with Crippen LogP contribution in [0.1, 0.15) is 25.7 Å². The third kappa shape index (κ3) is 2.95. The van der Waals surface area contributed by atoms with Crippen molar-refractivity contribution < 1.29 is 0 Å². The van der Waals surface area contributed by atoms with Crippen LogP contribution in [0.3, 0.4) is 0 Å². The van der Waals surface area contributed by atoms with Crippen LogP contribution >= 0.6 is 50.7 Å². The van der Waals surface area contributed by atoms with E-state index in [0.717, 1.165) is 12.8 Å². The fourth-order valence-electron chi connectivity index (χ4n) is 1.45. The standard InChI is InChI=1S/C7H10BrCl3/c8-6-4-2-1-3-5(6)7(9,10)11/h5-6H,1-4H2/t5-,6-/m0/s1. The summed E-state index contributed by atoms with van der Waals surface area (Å²) in [7, 11) is 0. The molecular weight excluding hydrogens is 270 g/mol. The van der Waals surface area contributed by atoms with Gasteiger partial charge in [0.05, 0.1) is 0 Å². The molecule has 0 saturated heterocycles. The molecule has 1 rings (SSSR count). The summed E-state index contributed by atoms with van der Waals surface area (Å²) in [6.45, 7) is 0. The number of rotatable bonds is 0. The third-order valence-electron chi connectivity index (χ3n) is 2.10. The third-order valence-corrected chi connectivity index (χ3v) is 4.04. The molecular formula is C7H10BrCl3. The molecule has 0 aliphatic heterocycles. The van der Waals surface area contributed by atoms with Crippen molar-refractivity contribution in [2.45, 2.75) is 34.3 Å². The lowest BCUT2D eigenvalue weighted by Crippen LogP contribution is -2.30. The predicted octanol–water partition coefficient (Wildman–Crippen LogP) is 4.31. The van der Waals surface area contributed by atoms with E-state index in [9.17, 15) is 0 Å². The van der Waals surface area contributed by atoms with Crippen LogP contribution in [-0.2, 0) is 0 Å². The molecule has 4 heteroatoms. The van der Waals surface area contributed by atoms with Gasteiger partial charge in [0, 0.05) is 10.7 Å². The lowest BCUT2D eigenvalue weighted by Gasteiger charge is -2.32. The Kier molecular flexibility index (Phi) is 3.83. The van der Waals surface area contributed by atoms with Gasteiger partial charge >= 0.3 is 0 Å². The zero-order valence-corrected chi connectivity index (χ0v) is 9.85. The first-order valence-electron chi connectivity index (χ1n) is 3.72. The van der Waals surface area contributed by atoms with E-state index in [4.69, 9.17) is 34.8 Å². The van der Waals surface area contributed by atoms with E-state index in [1.54, 1.807) is 0 Å². The maximum Gasteiger partial charge on any atom is 0.194 e. The Labute approximate surface area is 90.7 Å². The maximum atomic E-state index is 5.81. The highest BCUT2D eigenvalue weighted by molar-refractivity contribution is 9.09. The van der Waals surface area contributed by atoms with Crippen LogP contribution < -0.4 is 0 Å². The lowest BCUT2D eigenvalue weighted by atomic mass is 9.90. The van der Waals surface area contributed by atoms with Crippen LogP contribution in [0, 0.1) is 5.92 Å². The first kappa shape index (κ1) is 10.4. The molecule has 66 valence electrons. The molecule has 0 aromatic carbocycles. The minimum Gasteiger partial charge on any atom is -0.0886 e. The molecule has 0 nitrogen and oxygen atoms in total. The van der Waals surface area contributed by atoms with Gasteiger partial charge in [-0.25, -0.2) is 0 Å². The van der Waals surface area contributed by atoms with Crippen LogP contribution in [-0.4, -0.2) is 8.62 Å². The summed E-state index contributed by atoms with van der Waals surface area (Å²) in [6, 6.07) is 0. The Morgan fingerprint density at radius 1 is 1.09 bits per heavy atom. The minimum absolute atomic E-state index is 0.182. The van der Waals surface area contributed by atoms with E-state index < -0.39 is 3.79 Å². The van der Waals surface area contributed by atoms with Crippen molar-refractivity contribution in [3.8, 4) is 0 Å². The van der Waals surface area contributed by atoms with Crippen molar-refractivity contribution in [3.63, 3.8) is 0 Å². The van der Waals surface area contributed by atoms with Gasteiger partial charge in [-0.2, -0.15) is 0 Å². The predicted molar refractivity (Wildman–Crippen MR) is 55.0 cm³/mol. The highest BCUT2D eigenvalue weighted by Crippen LogP contribution is 2.45. The largest absolute Gasteiger partial charge is 0.194 e. The Bertz CT molecular complexity index is 132. The molecule has 1 aliphatic rings. The van der Waals surface area contributed by atoms with Gasteiger partial charge in [-0.05, 0) is 12.8 Å². The molecule has 0 N–H and O–H groups in total. The first-order chi connectivity index (χ1) is 5.02. The van der Waals surface area contributed by atoms with Crippen molar-refractivity contribution in [2.75, 3.05) is 0 Å². The van der Waals surface area contributed by atoms with Gasteiger partial charge in [-0.15, -0.1) is 0 Å². The minimum atomic E-state index is -1.09. The van der Waals surface area contributed by atoms with Gasteiger partial charge in [0.2, 0.25) is 0 Å². The molecule has 2 atom stereocenters. The second-order valence-corrected chi connectivity index (χ2v) is 6.49. The smallest absolute Gasteiger partial charge is 0.0886 e. The van der Waals surface area contributed by atoms with Crippen molar-refractivity contribution in [1.82, 2.24) is 0 Å². The molecule has 0 heterocycles. The normalized spacial score (nSPS) is 33.8. The van der Waals surface area contributed by atoms with Crippen molar-refractivity contribution in [2.24, 2.45) is 5.92 Å². The van der Waals surface area contributed by atoms with Crippen molar-refractivity contribution in [3.05, 3.63) is 0 Å². The molecule has 1 fully saturated rings. The number of halogens is 4. The first-order valence-corrected chi connectivity index (χ1v) is 5.77. The number of hydrogen-bond acceptors (Lipinski definition) is 0. The quantitative estimate of drug-likeness (QED) is 0.580. The molecule has 0 radical (unpaired) electrons. The van der Waals surface area contributed by atoms with E-state index in [1.165, 1.54) is 12.8 Å². The van der Waals surface area contributed by atoms with Crippen molar-refractivity contribution >= 4 is 50.7 Å². The molecule has 1 aliphatic carbocycles. The average molecular weight is 280 g/mol. The van der Waals surface area contributed by atoms with Gasteiger partial charge in [-0.1, -0.05) is 63.6 Å². The Morgan fingerprint density at radius 2 is 1.64 bits per heavy atom. The summed E-state index contributed by atoms with van der Waals surface area (Å²) in [4.78, 5) is 0.378. The second-order valence-electron chi connectivity index (χ2n) is 2.95. The summed E-state index contributed by atoms with van der Waals surface area (Å²) in [5, 5.41) is 0. The zero-order valence-electron chi connectivity index (χ0n) is 5.99. The number of alkyl halides is 4. The fourth-order valence-corrected chi connectivity index (χ4v) is 3.68. The van der Waals surface area contributed by atoms with Gasteiger partial charge < -0.3 is 0 Å². The zero-order chi connectivity index (χ0) is 8.48. The van der Waals surface area contributed by atoms with Crippen molar-refractivity contribution in [1.29, 1.82) is 0 Å². The molecule has 0 unspecified atom stereocenters. The average Bonchev–Trinajstić information content (AvgIpc) is 1.86. The maximum absolute atomic E-state index is 5.81. The van der Waals surface area contributed by atoms with E-state index >= 15 is 0 Å². The summed E-state index contributed by atoms with van der Waals surface area (Å²) >= 11 is 21.0. The molecule has 0 amide bonds. The highest BCUT2D eigenvalue weighted by Gasteiger charge is 2.38. The summed E-state index contributed by atoms with van der Waals surface area (Å²) in [6.07, 6.45) is 4.57. The number of hydrogen-bond donors (Lipinski definition) is 0. The Morgan fingerprint density at radius 3 is 2.00 bits per heavy atom. The topological polar surface area (TPSA) is 0 Å². The SMILES string of the molecule is ClC(Cl)(Cl)[C@H]1CCCC[C@@H]1Br. The van der Waals surface area contributed by atoms with Crippen LogP contribution in [0.15, 0.2) is 0 Å². The van der Waals surface area contributed by atoms with Crippen LogP contribution in [0.5, 0.6) is 0 Å². The van der Waals surface area contributed by atoms with E-state index in [0.29, 0.717) is 4.83 Å². The van der Waals surface area contributed by atoms with Crippen LogP contribution in [0.4, 0.5) is 0 Å². The molecule has 0 bridgehead atoms. The molecule has 0 spiro atoms. The van der Waals surface area contributed by atoms with Crippen LogP contribution in [0.25, 0.3) is 0 Å². The fraction of sp³-hybridized carbons (Fsp3) is 1.00. The van der Waals surface area contributed by atoms with E-state index in [-0.39, 0.29) is 5.92 Å². The van der Waals surface area contributed by atoms with Gasteiger partial charge in [0.1, 0.15) is 0 Å². The van der Waals surface area contributed by atoms with Gasteiger partial charge in [0.15, 0.2) is 3.79 Å². The van der Waals surface area contributed by atoms with E-state index in [1.807, 2.05) is 0 Å². The summed E-state index contributed by atoms with van der Waals surface area (Å²) < 4.78 is -1.09. The van der Waals surface area contributed by atoms with Gasteiger partial charge in [0.25, 0.3) is 0 Å². The molecule has 0 aromatic rings.